The van der Waals surface area contributed by atoms with Gasteiger partial charge in [0.1, 0.15) is 0 Å². The maximum Gasteiger partial charge on any atom is 0.314 e. The molecule has 1 heterocycles. The Bertz CT molecular complexity index is 310. The minimum Gasteiger partial charge on any atom is -0.395 e. The van der Waals surface area contributed by atoms with Gasteiger partial charge in [-0.15, -0.1) is 0 Å². The van der Waals surface area contributed by atoms with Crippen LogP contribution in [0.2, 0.25) is 0 Å². The minimum absolute atomic E-state index is 0.0261. The molecule has 3 amide bonds. The van der Waals surface area contributed by atoms with Crippen LogP contribution in [0.25, 0.3) is 0 Å². The van der Waals surface area contributed by atoms with E-state index in [1.54, 1.807) is 4.90 Å². The van der Waals surface area contributed by atoms with Crippen LogP contribution in [0.1, 0.15) is 32.6 Å². The molecule has 1 fully saturated rings. The van der Waals surface area contributed by atoms with E-state index >= 15 is 0 Å². The fourth-order valence-electron chi connectivity index (χ4n) is 2.44. The number of aliphatic hydroxyl groups is 1. The second kappa shape index (κ2) is 7.99. The average molecular weight is 271 g/mol. The van der Waals surface area contributed by atoms with Gasteiger partial charge in [0.25, 0.3) is 0 Å². The zero-order valence-corrected chi connectivity index (χ0v) is 11.7. The number of nitrogens with zero attached hydrogens (tertiary/aromatic N) is 2. The quantitative estimate of drug-likeness (QED) is 0.733. The third-order valence-electron chi connectivity index (χ3n) is 3.55. The predicted molar refractivity (Wildman–Crippen MR) is 72.5 cm³/mol. The van der Waals surface area contributed by atoms with Gasteiger partial charge in [0.05, 0.1) is 12.5 Å². The molecule has 3 N–H and O–H groups in total. The summed E-state index contributed by atoms with van der Waals surface area (Å²) >= 11 is 0. The molecule has 1 saturated heterocycles. The summed E-state index contributed by atoms with van der Waals surface area (Å²) in [7, 11) is 0. The Balaban J connectivity index is 2.59. The summed E-state index contributed by atoms with van der Waals surface area (Å²) in [6.07, 6.45) is 3.53. The maximum atomic E-state index is 12.4. The van der Waals surface area contributed by atoms with Crippen LogP contribution in [-0.4, -0.2) is 59.6 Å². The average Bonchev–Trinajstić information content (AvgIpc) is 2.42. The number of carbonyl (C=O) groups is 2. The molecule has 1 unspecified atom stereocenters. The first-order chi connectivity index (χ1) is 9.10. The maximum absolute atomic E-state index is 12.4. The largest absolute Gasteiger partial charge is 0.395 e. The third-order valence-corrected chi connectivity index (χ3v) is 3.55. The smallest absolute Gasteiger partial charge is 0.314 e. The van der Waals surface area contributed by atoms with Crippen LogP contribution in [0.5, 0.6) is 0 Å². The zero-order chi connectivity index (χ0) is 14.3. The van der Waals surface area contributed by atoms with Crippen molar-refractivity contribution < 1.29 is 14.7 Å². The second-order valence-corrected chi connectivity index (χ2v) is 5.03. The molecule has 0 aromatic carbocycles. The van der Waals surface area contributed by atoms with Crippen LogP contribution < -0.4 is 5.73 Å². The predicted octanol–water partition coefficient (Wildman–Crippen LogP) is 0.398. The molecule has 6 heteroatoms. The number of aliphatic hydroxyl groups excluding tert-OH is 1. The first-order valence-corrected chi connectivity index (χ1v) is 7.04. The number of carbonyl (C=O) groups excluding carboxylic acids is 2. The van der Waals surface area contributed by atoms with Crippen LogP contribution in [0.4, 0.5) is 4.79 Å². The van der Waals surface area contributed by atoms with E-state index in [-0.39, 0.29) is 18.4 Å². The molecular weight excluding hydrogens is 246 g/mol. The number of amides is 3. The fraction of sp³-hybridized carbons (Fsp3) is 0.846. The number of hydrogen-bond donors (Lipinski definition) is 2. The number of likely N-dealkylation sites (tertiary alicyclic amines) is 1. The van der Waals surface area contributed by atoms with Gasteiger partial charge in [0.15, 0.2) is 0 Å². The van der Waals surface area contributed by atoms with E-state index in [1.807, 2.05) is 0 Å². The van der Waals surface area contributed by atoms with Gasteiger partial charge >= 0.3 is 6.03 Å². The van der Waals surface area contributed by atoms with E-state index in [4.69, 9.17) is 10.8 Å². The number of urea groups is 1. The summed E-state index contributed by atoms with van der Waals surface area (Å²) in [4.78, 5) is 26.8. The lowest BCUT2D eigenvalue weighted by Gasteiger charge is -2.34. The number of piperidine rings is 1. The zero-order valence-electron chi connectivity index (χ0n) is 11.7. The van der Waals surface area contributed by atoms with Crippen molar-refractivity contribution in [3.8, 4) is 0 Å². The van der Waals surface area contributed by atoms with Gasteiger partial charge in [0, 0.05) is 26.2 Å². The summed E-state index contributed by atoms with van der Waals surface area (Å²) in [5, 5.41) is 9.05. The molecule has 110 valence electrons. The van der Waals surface area contributed by atoms with Crippen LogP contribution in [0.3, 0.4) is 0 Å². The SMILES string of the molecule is CCCCN(CCO)C(=O)C1CCCN(C(N)=O)C1. The van der Waals surface area contributed by atoms with E-state index in [2.05, 4.69) is 6.92 Å². The lowest BCUT2D eigenvalue weighted by atomic mass is 9.96. The summed E-state index contributed by atoms with van der Waals surface area (Å²) in [5.41, 5.74) is 5.27. The van der Waals surface area contributed by atoms with Crippen molar-refractivity contribution in [2.24, 2.45) is 11.7 Å². The van der Waals surface area contributed by atoms with Crippen molar-refractivity contribution in [1.29, 1.82) is 0 Å². The summed E-state index contributed by atoms with van der Waals surface area (Å²) in [6.45, 7) is 4.11. The highest BCUT2D eigenvalue weighted by Gasteiger charge is 2.30. The van der Waals surface area contributed by atoms with E-state index in [1.165, 1.54) is 4.90 Å². The first-order valence-electron chi connectivity index (χ1n) is 7.04. The molecule has 1 aliphatic rings. The van der Waals surface area contributed by atoms with Crippen LogP contribution in [-0.2, 0) is 4.79 Å². The Kier molecular flexibility index (Phi) is 6.62. The number of primary amides is 1. The molecule has 0 aromatic heterocycles. The molecule has 0 saturated carbocycles. The van der Waals surface area contributed by atoms with Crippen LogP contribution in [0, 0.1) is 5.92 Å². The molecule has 1 rings (SSSR count). The normalized spacial score (nSPS) is 19.3. The Labute approximate surface area is 114 Å². The van der Waals surface area contributed by atoms with Crippen LogP contribution in [0.15, 0.2) is 0 Å². The van der Waals surface area contributed by atoms with E-state index in [9.17, 15) is 9.59 Å². The van der Waals surface area contributed by atoms with Gasteiger partial charge in [0.2, 0.25) is 5.91 Å². The van der Waals surface area contributed by atoms with Crippen molar-refractivity contribution in [2.75, 3.05) is 32.8 Å². The molecule has 0 bridgehead atoms. The molecule has 19 heavy (non-hydrogen) atoms. The van der Waals surface area contributed by atoms with E-state index in [0.29, 0.717) is 26.2 Å². The van der Waals surface area contributed by atoms with Crippen molar-refractivity contribution in [3.05, 3.63) is 0 Å². The molecule has 1 atom stereocenters. The van der Waals surface area contributed by atoms with Gasteiger partial charge in [-0.3, -0.25) is 4.79 Å². The van der Waals surface area contributed by atoms with E-state index in [0.717, 1.165) is 25.7 Å². The van der Waals surface area contributed by atoms with Gasteiger partial charge in [-0.05, 0) is 19.3 Å². The third kappa shape index (κ3) is 4.70. The Hall–Kier alpha value is -1.30. The van der Waals surface area contributed by atoms with Crippen LogP contribution >= 0.6 is 0 Å². The second-order valence-electron chi connectivity index (χ2n) is 5.03. The number of unbranched alkanes of at least 4 members (excludes halogenated alkanes) is 1. The Morgan fingerprint density at radius 1 is 1.42 bits per heavy atom. The van der Waals surface area contributed by atoms with E-state index < -0.39 is 6.03 Å². The first kappa shape index (κ1) is 15.8. The Morgan fingerprint density at radius 3 is 2.74 bits per heavy atom. The highest BCUT2D eigenvalue weighted by Crippen LogP contribution is 2.19. The molecular formula is C13H25N3O3. The molecule has 1 aliphatic heterocycles. The van der Waals surface area contributed by atoms with Crippen molar-refractivity contribution in [3.63, 3.8) is 0 Å². The van der Waals surface area contributed by atoms with Gasteiger partial charge in [-0.2, -0.15) is 0 Å². The molecule has 6 nitrogen and oxygen atoms in total. The highest BCUT2D eigenvalue weighted by atomic mass is 16.3. The van der Waals surface area contributed by atoms with Crippen molar-refractivity contribution >= 4 is 11.9 Å². The topological polar surface area (TPSA) is 86.9 Å². The monoisotopic (exact) mass is 271 g/mol. The van der Waals surface area contributed by atoms with Gasteiger partial charge in [-0.25, -0.2) is 4.79 Å². The number of nitrogens with two attached hydrogens (primary N) is 1. The summed E-state index contributed by atoms with van der Waals surface area (Å²) < 4.78 is 0. The molecule has 0 aliphatic carbocycles. The summed E-state index contributed by atoms with van der Waals surface area (Å²) in [5.74, 6) is -0.141. The highest BCUT2D eigenvalue weighted by molar-refractivity contribution is 5.80. The standard InChI is InChI=1S/C13H25N3O3/c1-2-3-6-15(8-9-17)12(18)11-5-4-7-16(10-11)13(14)19/h11,17H,2-10H2,1H3,(H2,14,19). The van der Waals surface area contributed by atoms with Gasteiger partial charge in [-0.1, -0.05) is 13.3 Å². The summed E-state index contributed by atoms with van der Waals surface area (Å²) in [6, 6.07) is -0.459. The minimum atomic E-state index is -0.459. The van der Waals surface area contributed by atoms with Crippen molar-refractivity contribution in [2.45, 2.75) is 32.6 Å². The van der Waals surface area contributed by atoms with Crippen molar-refractivity contribution in [1.82, 2.24) is 9.80 Å². The molecule has 0 radical (unpaired) electrons. The Morgan fingerprint density at radius 2 is 2.16 bits per heavy atom. The van der Waals surface area contributed by atoms with Gasteiger partial charge < -0.3 is 20.6 Å². The lowest BCUT2D eigenvalue weighted by molar-refractivity contribution is -0.137. The number of rotatable bonds is 6. The molecule has 0 aromatic rings. The fourth-order valence-corrected chi connectivity index (χ4v) is 2.44. The lowest BCUT2D eigenvalue weighted by Crippen LogP contribution is -2.49. The molecule has 0 spiro atoms. The number of hydrogen-bond acceptors (Lipinski definition) is 3.